The van der Waals surface area contributed by atoms with Gasteiger partial charge in [-0.15, -0.1) is 0 Å². The van der Waals surface area contributed by atoms with Crippen molar-refractivity contribution in [2.45, 2.75) is 57.0 Å². The van der Waals surface area contributed by atoms with Gasteiger partial charge in [-0.2, -0.15) is 0 Å². The molecule has 1 aliphatic heterocycles. The quantitative estimate of drug-likeness (QED) is 0.223. The van der Waals surface area contributed by atoms with E-state index in [0.717, 1.165) is 0 Å². The van der Waals surface area contributed by atoms with Gasteiger partial charge in [0.2, 0.25) is 0 Å². The summed E-state index contributed by atoms with van der Waals surface area (Å²) in [6, 6.07) is 3.25. The number of hydrogen-bond donors (Lipinski definition) is 0. The third-order valence-corrected chi connectivity index (χ3v) is 7.90. The number of pyridine rings is 1. The zero-order chi connectivity index (χ0) is 29.9. The first-order valence-corrected chi connectivity index (χ1v) is 15.1. The van der Waals surface area contributed by atoms with Crippen LogP contribution in [0.1, 0.15) is 33.6 Å². The molecule has 0 bridgehead atoms. The molecule has 0 atom stereocenters. The predicted molar refractivity (Wildman–Crippen MR) is 161 cm³/mol. The van der Waals surface area contributed by atoms with Crippen LogP contribution in [0.4, 0.5) is 4.79 Å². The van der Waals surface area contributed by atoms with Crippen molar-refractivity contribution in [1.82, 2.24) is 19.4 Å². The number of ether oxygens (including phenoxy) is 4. The van der Waals surface area contributed by atoms with Gasteiger partial charge in [-0.3, -0.25) is 9.36 Å². The number of piperidine rings is 1. The van der Waals surface area contributed by atoms with Crippen LogP contribution in [0.2, 0.25) is 10.0 Å². The molecule has 1 aromatic carbocycles. The van der Waals surface area contributed by atoms with Crippen LogP contribution >= 0.6 is 35.0 Å². The molecule has 3 aromatic rings. The lowest BCUT2D eigenvalue weighted by Crippen LogP contribution is -2.43. The molecule has 41 heavy (non-hydrogen) atoms. The molecular weight excluding hydrogens is 591 g/mol. The summed E-state index contributed by atoms with van der Waals surface area (Å²) in [5, 5.41) is 1.55. The average Bonchev–Trinajstić information content (AvgIpc) is 2.94. The van der Waals surface area contributed by atoms with E-state index < -0.39 is 5.60 Å². The molecule has 10 nitrogen and oxygen atoms in total. The molecular formula is C28H34Cl2N4O6S. The number of hydrogen-bond acceptors (Lipinski definition) is 9. The fourth-order valence-electron chi connectivity index (χ4n) is 4.59. The highest BCUT2D eigenvalue weighted by Crippen LogP contribution is 2.45. The van der Waals surface area contributed by atoms with Gasteiger partial charge in [0.1, 0.15) is 22.7 Å². The standard InChI is InChI=1S/C28H34Cl2N4O6S/c1-28(2,3)40-27(36)33-9-7-17(8-10-33)39-12-11-34-24-16(15-31-26(32-24)41-6)13-18(25(34)35)21-22(29)19(37-4)14-20(38-5)23(21)30/h13-15,17H,7-12H2,1-6H3. The molecule has 1 amide bonds. The maximum Gasteiger partial charge on any atom is 0.410 e. The van der Waals surface area contributed by atoms with Crippen molar-refractivity contribution in [3.8, 4) is 22.6 Å². The number of carbonyl (C=O) groups is 1. The summed E-state index contributed by atoms with van der Waals surface area (Å²) in [6.07, 6.45) is 4.50. The Morgan fingerprint density at radius 3 is 2.29 bits per heavy atom. The summed E-state index contributed by atoms with van der Waals surface area (Å²) < 4.78 is 24.0. The van der Waals surface area contributed by atoms with Crippen molar-refractivity contribution in [3.63, 3.8) is 0 Å². The lowest BCUT2D eigenvalue weighted by molar-refractivity contribution is -0.0130. The monoisotopic (exact) mass is 624 g/mol. The molecule has 1 fully saturated rings. The second kappa shape index (κ2) is 13.1. The van der Waals surface area contributed by atoms with Crippen LogP contribution in [0, 0.1) is 0 Å². The smallest absolute Gasteiger partial charge is 0.410 e. The van der Waals surface area contributed by atoms with E-state index in [4.69, 9.17) is 42.1 Å². The summed E-state index contributed by atoms with van der Waals surface area (Å²) >= 11 is 14.7. The van der Waals surface area contributed by atoms with Crippen molar-refractivity contribution in [1.29, 1.82) is 0 Å². The topological polar surface area (TPSA) is 105 Å². The van der Waals surface area contributed by atoms with E-state index in [1.807, 2.05) is 27.0 Å². The van der Waals surface area contributed by atoms with E-state index >= 15 is 0 Å². The van der Waals surface area contributed by atoms with E-state index in [-0.39, 0.29) is 46.5 Å². The van der Waals surface area contributed by atoms with Crippen molar-refractivity contribution in [2.75, 3.05) is 40.2 Å². The number of methoxy groups -OCH3 is 2. The van der Waals surface area contributed by atoms with Gasteiger partial charge in [-0.25, -0.2) is 14.8 Å². The molecule has 4 rings (SSSR count). The molecule has 0 saturated carbocycles. The normalized spacial score (nSPS) is 14.4. The first-order valence-electron chi connectivity index (χ1n) is 13.1. The molecule has 0 N–H and O–H groups in total. The molecule has 13 heteroatoms. The van der Waals surface area contributed by atoms with Crippen LogP contribution in [0.3, 0.4) is 0 Å². The van der Waals surface area contributed by atoms with Crippen molar-refractivity contribution < 1.29 is 23.7 Å². The third-order valence-electron chi connectivity index (χ3n) is 6.59. The summed E-state index contributed by atoms with van der Waals surface area (Å²) in [6.45, 7) is 7.12. The van der Waals surface area contributed by atoms with Crippen LogP contribution in [0.5, 0.6) is 11.5 Å². The number of rotatable bonds is 8. The van der Waals surface area contributed by atoms with Gasteiger partial charge in [0.05, 0.1) is 49.1 Å². The number of amides is 1. The Balaban J connectivity index is 1.61. The fraction of sp³-hybridized carbons (Fsp3) is 0.500. The molecule has 222 valence electrons. The van der Waals surface area contributed by atoms with Gasteiger partial charge in [0.15, 0.2) is 5.16 Å². The number of carbonyl (C=O) groups excluding carboxylic acids is 1. The van der Waals surface area contributed by atoms with Crippen molar-refractivity contribution in [3.05, 3.63) is 38.7 Å². The maximum absolute atomic E-state index is 14.0. The highest BCUT2D eigenvalue weighted by Gasteiger charge is 2.28. The minimum absolute atomic E-state index is 0.0539. The van der Waals surface area contributed by atoms with E-state index in [1.165, 1.54) is 26.0 Å². The number of benzene rings is 1. The van der Waals surface area contributed by atoms with Gasteiger partial charge in [0.25, 0.3) is 5.56 Å². The average molecular weight is 626 g/mol. The van der Waals surface area contributed by atoms with Gasteiger partial charge in [0, 0.05) is 36.3 Å². The lowest BCUT2D eigenvalue weighted by atomic mass is 10.0. The van der Waals surface area contributed by atoms with Crippen molar-refractivity contribution >= 4 is 52.1 Å². The Kier molecular flexibility index (Phi) is 9.94. The predicted octanol–water partition coefficient (Wildman–Crippen LogP) is 5.92. The number of halogens is 2. The third kappa shape index (κ3) is 7.02. The van der Waals surface area contributed by atoms with Crippen molar-refractivity contribution in [2.24, 2.45) is 0 Å². The minimum Gasteiger partial charge on any atom is -0.495 e. The van der Waals surface area contributed by atoms with E-state index in [0.29, 0.717) is 59.2 Å². The Bertz CT molecular complexity index is 1460. The van der Waals surface area contributed by atoms with Crippen LogP contribution in [0.25, 0.3) is 22.2 Å². The van der Waals surface area contributed by atoms with Crippen LogP contribution in [-0.4, -0.2) is 77.4 Å². The molecule has 1 aliphatic rings. The van der Waals surface area contributed by atoms with Crippen LogP contribution in [0.15, 0.2) is 28.3 Å². The molecule has 3 heterocycles. The molecule has 0 radical (unpaired) electrons. The molecule has 0 aliphatic carbocycles. The fourth-order valence-corrected chi connectivity index (χ4v) is 5.63. The lowest BCUT2D eigenvalue weighted by Gasteiger charge is -2.33. The molecule has 1 saturated heterocycles. The summed E-state index contributed by atoms with van der Waals surface area (Å²) in [5.74, 6) is 0.646. The van der Waals surface area contributed by atoms with E-state index in [1.54, 1.807) is 27.8 Å². The summed E-state index contributed by atoms with van der Waals surface area (Å²) in [7, 11) is 2.95. The van der Waals surface area contributed by atoms with E-state index in [2.05, 4.69) is 9.97 Å². The zero-order valence-electron chi connectivity index (χ0n) is 24.0. The molecule has 0 spiro atoms. The number of likely N-dealkylation sites (tertiary alicyclic amines) is 1. The first kappa shape index (κ1) is 31.2. The molecule has 2 aromatic heterocycles. The minimum atomic E-state index is -0.542. The van der Waals surface area contributed by atoms with Gasteiger partial charge >= 0.3 is 6.09 Å². The number of fused-ring (bicyclic) bond motifs is 1. The largest absolute Gasteiger partial charge is 0.495 e. The zero-order valence-corrected chi connectivity index (χ0v) is 26.3. The van der Waals surface area contributed by atoms with Crippen LogP contribution < -0.4 is 15.0 Å². The summed E-state index contributed by atoms with van der Waals surface area (Å²) in [4.78, 5) is 37.1. The second-order valence-electron chi connectivity index (χ2n) is 10.5. The highest BCUT2D eigenvalue weighted by molar-refractivity contribution is 7.98. The number of aromatic nitrogens is 3. The van der Waals surface area contributed by atoms with E-state index in [9.17, 15) is 9.59 Å². The maximum atomic E-state index is 14.0. The SMILES string of the molecule is COc1cc(OC)c(Cl)c(-c2cc3cnc(SC)nc3n(CCOC3CCN(C(=O)OC(C)(C)C)CC3)c2=O)c1Cl. The Morgan fingerprint density at radius 2 is 1.73 bits per heavy atom. The van der Waals surface area contributed by atoms with Gasteiger partial charge in [-0.05, 0) is 45.9 Å². The van der Waals surface area contributed by atoms with Gasteiger partial charge < -0.3 is 23.8 Å². The van der Waals surface area contributed by atoms with Crippen LogP contribution in [-0.2, 0) is 16.0 Å². The first-order chi connectivity index (χ1) is 19.5. The Labute approximate surface area is 253 Å². The summed E-state index contributed by atoms with van der Waals surface area (Å²) in [5.41, 5.74) is 0.152. The highest BCUT2D eigenvalue weighted by atomic mass is 35.5. The number of nitrogens with zero attached hydrogens (tertiary/aromatic N) is 4. The number of thioether (sulfide) groups is 1. The Morgan fingerprint density at radius 1 is 1.10 bits per heavy atom. The Hall–Kier alpha value is -2.73. The molecule has 0 unspecified atom stereocenters. The second-order valence-corrected chi connectivity index (χ2v) is 12.0. The van der Waals surface area contributed by atoms with Gasteiger partial charge in [-0.1, -0.05) is 35.0 Å².